The van der Waals surface area contributed by atoms with Crippen LogP contribution in [0.5, 0.6) is 0 Å². The zero-order valence-electron chi connectivity index (χ0n) is 13.2. The molecule has 2 saturated heterocycles. The number of aromatic nitrogens is 2. The minimum atomic E-state index is 0.176. The third kappa shape index (κ3) is 4.54. The average Bonchev–Trinajstić information content (AvgIpc) is 2.57. The second kappa shape index (κ2) is 7.93. The minimum Gasteiger partial charge on any atom is -0.381 e. The molecule has 7 heteroatoms. The van der Waals surface area contributed by atoms with Gasteiger partial charge in [-0.15, -0.1) is 0 Å². The first kappa shape index (κ1) is 16.5. The van der Waals surface area contributed by atoms with E-state index in [4.69, 9.17) is 16.3 Å². The van der Waals surface area contributed by atoms with E-state index in [1.807, 2.05) is 0 Å². The first-order chi connectivity index (χ1) is 11.2. The van der Waals surface area contributed by atoms with Crippen molar-refractivity contribution in [1.82, 2.24) is 15.3 Å². The number of ether oxygens (including phenoxy) is 1. The number of carbonyl (C=O) groups excluding carboxylic acids is 1. The predicted molar refractivity (Wildman–Crippen MR) is 88.6 cm³/mol. The summed E-state index contributed by atoms with van der Waals surface area (Å²) in [6.45, 7) is 3.27. The van der Waals surface area contributed by atoms with Crippen LogP contribution in [0.4, 0.5) is 5.82 Å². The molecule has 2 fully saturated rings. The number of hydrogen-bond acceptors (Lipinski definition) is 5. The number of rotatable bonds is 4. The molecule has 126 valence electrons. The van der Waals surface area contributed by atoms with Gasteiger partial charge in [-0.2, -0.15) is 0 Å². The standard InChI is InChI=1S/C16H23ClN4O2/c17-14-10-18-11-19-16(14)21-5-1-12(2-6-21)9-15(22)20-13-3-7-23-8-4-13/h10-13H,1-9H2,(H,20,22). The van der Waals surface area contributed by atoms with Crippen molar-refractivity contribution in [3.8, 4) is 0 Å². The predicted octanol–water partition coefficient (Wildman–Crippen LogP) is 2.03. The molecule has 1 aromatic rings. The third-order valence-corrected chi connectivity index (χ3v) is 4.89. The Hall–Kier alpha value is -1.40. The summed E-state index contributed by atoms with van der Waals surface area (Å²) < 4.78 is 5.32. The molecule has 0 bridgehead atoms. The summed E-state index contributed by atoms with van der Waals surface area (Å²) in [4.78, 5) is 22.5. The summed E-state index contributed by atoms with van der Waals surface area (Å²) >= 11 is 6.15. The Morgan fingerprint density at radius 1 is 1.30 bits per heavy atom. The Morgan fingerprint density at radius 3 is 2.74 bits per heavy atom. The largest absolute Gasteiger partial charge is 0.381 e. The Labute approximate surface area is 141 Å². The fourth-order valence-corrected chi connectivity index (χ4v) is 3.50. The van der Waals surface area contributed by atoms with Crippen LogP contribution in [0, 0.1) is 5.92 Å². The molecule has 6 nitrogen and oxygen atoms in total. The van der Waals surface area contributed by atoms with E-state index in [2.05, 4.69) is 20.2 Å². The summed E-state index contributed by atoms with van der Waals surface area (Å²) in [6.07, 6.45) is 7.59. The van der Waals surface area contributed by atoms with Gasteiger partial charge in [0.1, 0.15) is 11.3 Å². The van der Waals surface area contributed by atoms with E-state index in [9.17, 15) is 4.79 Å². The van der Waals surface area contributed by atoms with Crippen LogP contribution in [0.1, 0.15) is 32.1 Å². The maximum atomic E-state index is 12.2. The Bertz CT molecular complexity index is 529. The molecule has 1 N–H and O–H groups in total. The lowest BCUT2D eigenvalue weighted by Gasteiger charge is -2.33. The van der Waals surface area contributed by atoms with Gasteiger partial charge in [-0.05, 0) is 31.6 Å². The van der Waals surface area contributed by atoms with Crippen LogP contribution >= 0.6 is 11.6 Å². The van der Waals surface area contributed by atoms with E-state index >= 15 is 0 Å². The van der Waals surface area contributed by atoms with E-state index in [1.54, 1.807) is 6.20 Å². The van der Waals surface area contributed by atoms with Gasteiger partial charge >= 0.3 is 0 Å². The van der Waals surface area contributed by atoms with Gasteiger partial charge in [-0.25, -0.2) is 9.97 Å². The van der Waals surface area contributed by atoms with Crippen LogP contribution < -0.4 is 10.2 Å². The Morgan fingerprint density at radius 2 is 2.04 bits per heavy atom. The molecule has 23 heavy (non-hydrogen) atoms. The Balaban J connectivity index is 1.44. The number of hydrogen-bond donors (Lipinski definition) is 1. The smallest absolute Gasteiger partial charge is 0.220 e. The van der Waals surface area contributed by atoms with Crippen molar-refractivity contribution in [2.75, 3.05) is 31.2 Å². The van der Waals surface area contributed by atoms with Crippen molar-refractivity contribution < 1.29 is 9.53 Å². The molecule has 0 atom stereocenters. The number of amides is 1. The molecule has 0 spiro atoms. The number of piperidine rings is 1. The highest BCUT2D eigenvalue weighted by Crippen LogP contribution is 2.28. The van der Waals surface area contributed by atoms with Gasteiger partial charge in [-0.3, -0.25) is 4.79 Å². The van der Waals surface area contributed by atoms with E-state index in [-0.39, 0.29) is 11.9 Å². The van der Waals surface area contributed by atoms with Crippen LogP contribution in [0.3, 0.4) is 0 Å². The van der Waals surface area contributed by atoms with Crippen LogP contribution in [0.15, 0.2) is 12.5 Å². The van der Waals surface area contributed by atoms with Crippen molar-refractivity contribution in [3.05, 3.63) is 17.5 Å². The third-order valence-electron chi connectivity index (χ3n) is 4.62. The van der Waals surface area contributed by atoms with Crippen LogP contribution in [-0.4, -0.2) is 48.2 Å². The molecule has 0 unspecified atom stereocenters. The fraction of sp³-hybridized carbons (Fsp3) is 0.688. The highest BCUT2D eigenvalue weighted by Gasteiger charge is 2.24. The highest BCUT2D eigenvalue weighted by atomic mass is 35.5. The van der Waals surface area contributed by atoms with Crippen LogP contribution in [0.25, 0.3) is 0 Å². The monoisotopic (exact) mass is 338 g/mol. The van der Waals surface area contributed by atoms with Gasteiger partial charge < -0.3 is 15.0 Å². The van der Waals surface area contributed by atoms with Gasteiger partial charge in [0.25, 0.3) is 0 Å². The molecule has 3 heterocycles. The van der Waals surface area contributed by atoms with Crippen molar-refractivity contribution in [1.29, 1.82) is 0 Å². The molecule has 0 saturated carbocycles. The molecule has 2 aliphatic heterocycles. The van der Waals surface area contributed by atoms with E-state index in [0.717, 1.165) is 57.8 Å². The lowest BCUT2D eigenvalue weighted by atomic mass is 9.93. The molecule has 1 aromatic heterocycles. The molecule has 3 rings (SSSR count). The minimum absolute atomic E-state index is 0.176. The van der Waals surface area contributed by atoms with E-state index in [1.165, 1.54) is 6.33 Å². The van der Waals surface area contributed by atoms with Gasteiger partial charge in [0.15, 0.2) is 5.82 Å². The molecule has 2 aliphatic rings. The zero-order chi connectivity index (χ0) is 16.1. The number of carbonyl (C=O) groups is 1. The summed E-state index contributed by atoms with van der Waals surface area (Å²) in [5.74, 6) is 1.41. The number of nitrogens with zero attached hydrogens (tertiary/aromatic N) is 3. The second-order valence-corrected chi connectivity index (χ2v) is 6.69. The van der Waals surface area contributed by atoms with Crippen molar-refractivity contribution in [3.63, 3.8) is 0 Å². The zero-order valence-corrected chi connectivity index (χ0v) is 14.0. The summed E-state index contributed by atoms with van der Waals surface area (Å²) in [5, 5.41) is 3.73. The van der Waals surface area contributed by atoms with Crippen molar-refractivity contribution in [2.24, 2.45) is 5.92 Å². The fourth-order valence-electron chi connectivity index (χ4n) is 3.28. The first-order valence-electron chi connectivity index (χ1n) is 8.30. The maximum Gasteiger partial charge on any atom is 0.220 e. The average molecular weight is 339 g/mol. The molecule has 0 radical (unpaired) electrons. The van der Waals surface area contributed by atoms with Crippen molar-refractivity contribution >= 4 is 23.3 Å². The SMILES string of the molecule is O=C(CC1CCN(c2ncncc2Cl)CC1)NC1CCOCC1. The van der Waals surface area contributed by atoms with Gasteiger partial charge in [0, 0.05) is 38.8 Å². The molecule has 1 amide bonds. The normalized spacial score (nSPS) is 20.5. The quantitative estimate of drug-likeness (QED) is 0.909. The number of nitrogens with one attached hydrogen (secondary N) is 1. The summed E-state index contributed by atoms with van der Waals surface area (Å²) in [6, 6.07) is 0.288. The summed E-state index contributed by atoms with van der Waals surface area (Å²) in [7, 11) is 0. The number of anilines is 1. The maximum absolute atomic E-state index is 12.2. The lowest BCUT2D eigenvalue weighted by molar-refractivity contribution is -0.123. The molecular weight excluding hydrogens is 316 g/mol. The molecule has 0 aromatic carbocycles. The molecular formula is C16H23ClN4O2. The number of halogens is 1. The van der Waals surface area contributed by atoms with E-state index < -0.39 is 0 Å². The van der Waals surface area contributed by atoms with E-state index in [0.29, 0.717) is 17.4 Å². The van der Waals surface area contributed by atoms with Crippen LogP contribution in [-0.2, 0) is 9.53 Å². The van der Waals surface area contributed by atoms with Gasteiger partial charge in [0.05, 0.1) is 6.20 Å². The Kier molecular flexibility index (Phi) is 5.67. The first-order valence-corrected chi connectivity index (χ1v) is 8.67. The van der Waals surface area contributed by atoms with Crippen LogP contribution in [0.2, 0.25) is 5.02 Å². The molecule has 0 aliphatic carbocycles. The highest BCUT2D eigenvalue weighted by molar-refractivity contribution is 6.32. The summed E-state index contributed by atoms with van der Waals surface area (Å²) in [5.41, 5.74) is 0. The topological polar surface area (TPSA) is 67.4 Å². The van der Waals surface area contributed by atoms with Gasteiger partial charge in [-0.1, -0.05) is 11.6 Å². The van der Waals surface area contributed by atoms with Crippen molar-refractivity contribution in [2.45, 2.75) is 38.1 Å². The van der Waals surface area contributed by atoms with Gasteiger partial charge in [0.2, 0.25) is 5.91 Å². The second-order valence-electron chi connectivity index (χ2n) is 6.28. The lowest BCUT2D eigenvalue weighted by Crippen LogP contribution is -2.41.